The first-order valence-electron chi connectivity index (χ1n) is 8.61. The van der Waals surface area contributed by atoms with Crippen LogP contribution in [0.1, 0.15) is 28.9 Å². The fourth-order valence-electron chi connectivity index (χ4n) is 2.63. The van der Waals surface area contributed by atoms with E-state index in [0.29, 0.717) is 23.5 Å². The van der Waals surface area contributed by atoms with Crippen LogP contribution in [0.4, 0.5) is 16.2 Å². The number of anilines is 2. The molecular weight excluding hydrogens is 332 g/mol. The number of hydrogen-bond acceptors (Lipinski definition) is 4. The summed E-state index contributed by atoms with van der Waals surface area (Å²) in [6.07, 6.45) is 3.67. The molecule has 3 amide bonds. The number of aromatic nitrogens is 1. The van der Waals surface area contributed by atoms with Gasteiger partial charge in [-0.1, -0.05) is 0 Å². The molecule has 1 aromatic carbocycles. The molecule has 7 nitrogen and oxygen atoms in total. The number of urea groups is 1. The van der Waals surface area contributed by atoms with Gasteiger partial charge in [0.05, 0.1) is 11.7 Å². The van der Waals surface area contributed by atoms with Gasteiger partial charge >= 0.3 is 6.03 Å². The van der Waals surface area contributed by atoms with Crippen LogP contribution in [0.25, 0.3) is 0 Å². The molecule has 0 unspecified atom stereocenters. The van der Waals surface area contributed by atoms with Crippen LogP contribution in [0, 0.1) is 6.92 Å². The smallest absolute Gasteiger partial charge is 0.319 e. The van der Waals surface area contributed by atoms with E-state index in [4.69, 9.17) is 4.74 Å². The molecule has 1 aliphatic heterocycles. The molecule has 26 heavy (non-hydrogen) atoms. The highest BCUT2D eigenvalue weighted by Crippen LogP contribution is 2.15. The summed E-state index contributed by atoms with van der Waals surface area (Å²) >= 11 is 0. The minimum absolute atomic E-state index is 0.106. The highest BCUT2D eigenvalue weighted by Gasteiger charge is 2.16. The van der Waals surface area contributed by atoms with Gasteiger partial charge in [0.2, 0.25) is 0 Å². The molecule has 2 aromatic rings. The minimum Gasteiger partial charge on any atom is -0.376 e. The van der Waals surface area contributed by atoms with Crippen LogP contribution in [-0.4, -0.2) is 36.2 Å². The molecule has 136 valence electrons. The van der Waals surface area contributed by atoms with E-state index in [0.717, 1.165) is 25.1 Å². The molecule has 1 atom stereocenters. The van der Waals surface area contributed by atoms with Crippen LogP contribution in [0.5, 0.6) is 0 Å². The number of aryl methyl sites for hydroxylation is 1. The predicted molar refractivity (Wildman–Crippen MR) is 99.4 cm³/mol. The Balaban J connectivity index is 1.48. The van der Waals surface area contributed by atoms with Gasteiger partial charge in [-0.2, -0.15) is 0 Å². The molecule has 0 aliphatic carbocycles. The molecule has 0 radical (unpaired) electrons. The third-order valence-corrected chi connectivity index (χ3v) is 4.09. The molecule has 1 fully saturated rings. The average Bonchev–Trinajstić information content (AvgIpc) is 3.16. The summed E-state index contributed by atoms with van der Waals surface area (Å²) in [4.78, 5) is 28.2. The Morgan fingerprint density at radius 2 is 1.85 bits per heavy atom. The van der Waals surface area contributed by atoms with Gasteiger partial charge in [0.15, 0.2) is 0 Å². The quantitative estimate of drug-likeness (QED) is 0.770. The average molecular weight is 354 g/mol. The maximum absolute atomic E-state index is 12.2. The second-order valence-corrected chi connectivity index (χ2v) is 6.19. The van der Waals surface area contributed by atoms with E-state index in [-0.39, 0.29) is 18.0 Å². The number of amides is 3. The standard InChI is InChI=1S/C19H22N4O3/c1-13-4-5-14(11-20-13)18(24)22-15-6-8-16(9-7-15)23-19(25)21-12-17-3-2-10-26-17/h4-9,11,17H,2-3,10,12H2,1H3,(H,22,24)(H2,21,23,25)/t17-/m0/s1. The predicted octanol–water partition coefficient (Wildman–Crippen LogP) is 2.94. The third kappa shape index (κ3) is 5.03. The molecule has 2 heterocycles. The van der Waals surface area contributed by atoms with E-state index in [9.17, 15) is 9.59 Å². The fraction of sp³-hybridized carbons (Fsp3) is 0.316. The van der Waals surface area contributed by atoms with E-state index >= 15 is 0 Å². The number of ether oxygens (including phenoxy) is 1. The van der Waals surface area contributed by atoms with Gasteiger partial charge in [-0.25, -0.2) is 4.79 Å². The van der Waals surface area contributed by atoms with Gasteiger partial charge < -0.3 is 20.7 Å². The summed E-state index contributed by atoms with van der Waals surface area (Å²) in [6.45, 7) is 3.13. The van der Waals surface area contributed by atoms with Crippen molar-refractivity contribution in [2.24, 2.45) is 0 Å². The number of nitrogens with one attached hydrogen (secondary N) is 3. The lowest BCUT2D eigenvalue weighted by Crippen LogP contribution is -2.35. The first kappa shape index (κ1) is 17.9. The number of nitrogens with zero attached hydrogens (tertiary/aromatic N) is 1. The second kappa shape index (κ2) is 8.44. The summed E-state index contributed by atoms with van der Waals surface area (Å²) in [5.74, 6) is -0.229. The molecule has 0 saturated carbocycles. The Labute approximate surface area is 152 Å². The number of carbonyl (C=O) groups excluding carboxylic acids is 2. The summed E-state index contributed by atoms with van der Waals surface area (Å²) in [6, 6.07) is 10.2. The first-order chi connectivity index (χ1) is 12.6. The van der Waals surface area contributed by atoms with Crippen molar-refractivity contribution >= 4 is 23.3 Å². The van der Waals surface area contributed by atoms with Gasteiger partial charge in [0.25, 0.3) is 5.91 Å². The van der Waals surface area contributed by atoms with Crippen LogP contribution in [0.2, 0.25) is 0 Å². The Kier molecular flexibility index (Phi) is 5.80. The molecule has 1 aliphatic rings. The fourth-order valence-corrected chi connectivity index (χ4v) is 2.63. The molecule has 7 heteroatoms. The number of hydrogen-bond donors (Lipinski definition) is 3. The van der Waals surface area contributed by atoms with Crippen LogP contribution < -0.4 is 16.0 Å². The maximum Gasteiger partial charge on any atom is 0.319 e. The summed E-state index contributed by atoms with van der Waals surface area (Å²) in [7, 11) is 0. The van der Waals surface area contributed by atoms with Gasteiger partial charge in [-0.3, -0.25) is 9.78 Å². The zero-order valence-electron chi connectivity index (χ0n) is 14.6. The second-order valence-electron chi connectivity index (χ2n) is 6.19. The minimum atomic E-state index is -0.275. The maximum atomic E-state index is 12.2. The van der Waals surface area contributed by atoms with Crippen LogP contribution >= 0.6 is 0 Å². The van der Waals surface area contributed by atoms with Crippen LogP contribution in [-0.2, 0) is 4.74 Å². The van der Waals surface area contributed by atoms with Crippen molar-refractivity contribution in [3.05, 3.63) is 53.9 Å². The van der Waals surface area contributed by atoms with Gasteiger partial charge in [-0.05, 0) is 56.2 Å². The van der Waals surface area contributed by atoms with Gasteiger partial charge in [-0.15, -0.1) is 0 Å². The van der Waals surface area contributed by atoms with Crippen molar-refractivity contribution in [3.8, 4) is 0 Å². The number of carbonyl (C=O) groups is 2. The number of benzene rings is 1. The van der Waals surface area contributed by atoms with Gasteiger partial charge in [0, 0.05) is 36.4 Å². The molecule has 1 aromatic heterocycles. The summed E-state index contributed by atoms with van der Waals surface area (Å²) in [5, 5.41) is 8.35. The van der Waals surface area contributed by atoms with Crippen molar-refractivity contribution < 1.29 is 14.3 Å². The zero-order chi connectivity index (χ0) is 18.4. The lowest BCUT2D eigenvalue weighted by Gasteiger charge is -2.12. The van der Waals surface area contributed by atoms with Crippen LogP contribution in [0.15, 0.2) is 42.6 Å². The topological polar surface area (TPSA) is 92.4 Å². The molecule has 0 bridgehead atoms. The zero-order valence-corrected chi connectivity index (χ0v) is 14.6. The number of rotatable bonds is 5. The van der Waals surface area contributed by atoms with Crippen molar-refractivity contribution in [2.45, 2.75) is 25.9 Å². The molecule has 3 rings (SSSR count). The Hall–Kier alpha value is -2.93. The largest absolute Gasteiger partial charge is 0.376 e. The molecular formula is C19H22N4O3. The highest BCUT2D eigenvalue weighted by atomic mass is 16.5. The number of pyridine rings is 1. The third-order valence-electron chi connectivity index (χ3n) is 4.09. The SMILES string of the molecule is Cc1ccc(C(=O)Nc2ccc(NC(=O)NC[C@@H]3CCCO3)cc2)cn1. The van der Waals surface area contributed by atoms with Crippen LogP contribution in [0.3, 0.4) is 0 Å². The molecule has 0 spiro atoms. The van der Waals surface area contributed by atoms with E-state index in [1.807, 2.05) is 6.92 Å². The van der Waals surface area contributed by atoms with Crippen molar-refractivity contribution in [2.75, 3.05) is 23.8 Å². The normalized spacial score (nSPS) is 16.1. The Morgan fingerprint density at radius 1 is 1.12 bits per heavy atom. The molecule has 1 saturated heterocycles. The van der Waals surface area contributed by atoms with Crippen molar-refractivity contribution in [3.63, 3.8) is 0 Å². The lowest BCUT2D eigenvalue weighted by atomic mass is 10.2. The Bertz CT molecular complexity index is 753. The molecule has 3 N–H and O–H groups in total. The monoisotopic (exact) mass is 354 g/mol. The Morgan fingerprint density at radius 3 is 2.46 bits per heavy atom. The summed E-state index contributed by atoms with van der Waals surface area (Å²) in [5.41, 5.74) is 2.63. The van der Waals surface area contributed by atoms with E-state index < -0.39 is 0 Å². The van der Waals surface area contributed by atoms with E-state index in [2.05, 4.69) is 20.9 Å². The van der Waals surface area contributed by atoms with Crippen molar-refractivity contribution in [1.29, 1.82) is 0 Å². The van der Waals surface area contributed by atoms with Gasteiger partial charge in [0.1, 0.15) is 0 Å². The summed E-state index contributed by atoms with van der Waals surface area (Å²) < 4.78 is 5.46. The van der Waals surface area contributed by atoms with E-state index in [1.54, 1.807) is 42.6 Å². The van der Waals surface area contributed by atoms with E-state index in [1.165, 1.54) is 0 Å². The first-order valence-corrected chi connectivity index (χ1v) is 8.61. The highest BCUT2D eigenvalue weighted by molar-refractivity contribution is 6.04. The lowest BCUT2D eigenvalue weighted by molar-refractivity contribution is 0.102. The van der Waals surface area contributed by atoms with Crippen molar-refractivity contribution in [1.82, 2.24) is 10.3 Å².